The Balaban J connectivity index is 0.000000720. The fourth-order valence-electron chi connectivity index (χ4n) is 1.44. The molecule has 1 heterocycles. The molecule has 0 aliphatic carbocycles. The standard InChI is InChI=1S/C10H10S.CH4/c1-7-9-5-3-4-6-10(9)8(2)11-7;/h3-6H,1-2H3;1H4. The number of hydrogen-bond donors (Lipinski definition) is 0. The van der Waals surface area contributed by atoms with Crippen LogP contribution in [0.15, 0.2) is 24.3 Å². The third-order valence-corrected chi connectivity index (χ3v) is 3.04. The lowest BCUT2D eigenvalue weighted by molar-refractivity contribution is 1.67. The van der Waals surface area contributed by atoms with Crippen LogP contribution >= 0.6 is 11.3 Å². The zero-order valence-corrected chi connectivity index (χ0v) is 7.53. The molecule has 12 heavy (non-hydrogen) atoms. The molecule has 0 aliphatic rings. The molecule has 2 rings (SSSR count). The largest absolute Gasteiger partial charge is 0.145 e. The number of aryl methyl sites for hydroxylation is 2. The Bertz CT molecular complexity index is 349. The van der Waals surface area contributed by atoms with Crippen LogP contribution in [0.2, 0.25) is 0 Å². The van der Waals surface area contributed by atoms with E-state index in [1.54, 1.807) is 0 Å². The quantitative estimate of drug-likeness (QED) is 0.568. The van der Waals surface area contributed by atoms with Crippen molar-refractivity contribution in [3.8, 4) is 0 Å². The number of hydrogen-bond acceptors (Lipinski definition) is 1. The minimum atomic E-state index is 0. The molecule has 0 fully saturated rings. The van der Waals surface area contributed by atoms with Gasteiger partial charge >= 0.3 is 0 Å². The van der Waals surface area contributed by atoms with Gasteiger partial charge in [-0.3, -0.25) is 0 Å². The maximum atomic E-state index is 2.19. The van der Waals surface area contributed by atoms with Crippen molar-refractivity contribution in [2.24, 2.45) is 0 Å². The zero-order chi connectivity index (χ0) is 7.84. The molecule has 0 saturated heterocycles. The van der Waals surface area contributed by atoms with Gasteiger partial charge in [0.2, 0.25) is 0 Å². The average molecular weight is 178 g/mol. The molecule has 2 aromatic rings. The van der Waals surface area contributed by atoms with E-state index in [9.17, 15) is 0 Å². The summed E-state index contributed by atoms with van der Waals surface area (Å²) in [5.41, 5.74) is 0. The van der Waals surface area contributed by atoms with Gasteiger partial charge in [-0.05, 0) is 24.6 Å². The molecule has 64 valence electrons. The van der Waals surface area contributed by atoms with E-state index in [0.29, 0.717) is 0 Å². The second-order valence-electron chi connectivity index (χ2n) is 2.76. The number of rotatable bonds is 0. The van der Waals surface area contributed by atoms with E-state index in [1.165, 1.54) is 20.5 Å². The summed E-state index contributed by atoms with van der Waals surface area (Å²) in [7, 11) is 0. The molecule has 0 nitrogen and oxygen atoms in total. The summed E-state index contributed by atoms with van der Waals surface area (Å²) in [6.45, 7) is 4.36. The van der Waals surface area contributed by atoms with Crippen molar-refractivity contribution in [3.63, 3.8) is 0 Å². The van der Waals surface area contributed by atoms with Crippen molar-refractivity contribution < 1.29 is 0 Å². The van der Waals surface area contributed by atoms with Gasteiger partial charge < -0.3 is 0 Å². The molecule has 0 bridgehead atoms. The highest BCUT2D eigenvalue weighted by molar-refractivity contribution is 7.13. The van der Waals surface area contributed by atoms with Gasteiger partial charge in [0.1, 0.15) is 0 Å². The fourth-order valence-corrected chi connectivity index (χ4v) is 2.47. The Labute approximate surface area is 77.9 Å². The Morgan fingerprint density at radius 3 is 1.75 bits per heavy atom. The van der Waals surface area contributed by atoms with E-state index in [1.807, 2.05) is 11.3 Å². The first kappa shape index (κ1) is 9.27. The van der Waals surface area contributed by atoms with Crippen LogP contribution in [0.25, 0.3) is 10.8 Å². The summed E-state index contributed by atoms with van der Waals surface area (Å²) in [5, 5.41) is 2.82. The lowest BCUT2D eigenvalue weighted by atomic mass is 10.1. The molecule has 0 spiro atoms. The van der Waals surface area contributed by atoms with E-state index in [-0.39, 0.29) is 7.43 Å². The highest BCUT2D eigenvalue weighted by Gasteiger charge is 2.01. The molecular weight excluding hydrogens is 164 g/mol. The first-order valence-electron chi connectivity index (χ1n) is 3.74. The lowest BCUT2D eigenvalue weighted by Crippen LogP contribution is -1.65. The summed E-state index contributed by atoms with van der Waals surface area (Å²) in [5.74, 6) is 0. The van der Waals surface area contributed by atoms with Crippen LogP contribution in [0, 0.1) is 13.8 Å². The summed E-state index contributed by atoms with van der Waals surface area (Å²) in [6, 6.07) is 8.57. The number of fused-ring (bicyclic) bond motifs is 1. The third-order valence-electron chi connectivity index (χ3n) is 1.99. The minimum Gasteiger partial charge on any atom is -0.145 e. The molecule has 0 radical (unpaired) electrons. The molecule has 0 N–H and O–H groups in total. The Morgan fingerprint density at radius 2 is 1.33 bits per heavy atom. The van der Waals surface area contributed by atoms with Crippen molar-refractivity contribution in [3.05, 3.63) is 34.0 Å². The maximum absolute atomic E-state index is 2.19. The first-order valence-corrected chi connectivity index (χ1v) is 4.55. The molecule has 1 heteroatoms. The van der Waals surface area contributed by atoms with Gasteiger partial charge in [0, 0.05) is 9.75 Å². The smallest absolute Gasteiger partial charge is 0.00956 e. The highest BCUT2D eigenvalue weighted by atomic mass is 32.1. The first-order chi connectivity index (χ1) is 5.29. The van der Waals surface area contributed by atoms with Crippen LogP contribution in [0.3, 0.4) is 0 Å². The maximum Gasteiger partial charge on any atom is 0.00956 e. The molecule has 0 atom stereocenters. The van der Waals surface area contributed by atoms with Gasteiger partial charge in [-0.15, -0.1) is 11.3 Å². The van der Waals surface area contributed by atoms with Crippen molar-refractivity contribution in [2.45, 2.75) is 21.3 Å². The van der Waals surface area contributed by atoms with Crippen molar-refractivity contribution in [1.82, 2.24) is 0 Å². The summed E-state index contributed by atoms with van der Waals surface area (Å²) >= 11 is 1.88. The molecule has 1 aromatic heterocycles. The van der Waals surface area contributed by atoms with Crippen LogP contribution in [0.1, 0.15) is 17.2 Å². The zero-order valence-electron chi connectivity index (χ0n) is 6.72. The molecule has 1 aromatic carbocycles. The monoisotopic (exact) mass is 178 g/mol. The lowest BCUT2D eigenvalue weighted by Gasteiger charge is -1.88. The van der Waals surface area contributed by atoms with Gasteiger partial charge in [0.05, 0.1) is 0 Å². The van der Waals surface area contributed by atoms with Crippen molar-refractivity contribution >= 4 is 22.1 Å². The average Bonchev–Trinajstić information content (AvgIpc) is 2.30. The SMILES string of the molecule is C.Cc1sc(C)c2ccccc12. The van der Waals surface area contributed by atoms with Crippen LogP contribution in [0.5, 0.6) is 0 Å². The van der Waals surface area contributed by atoms with Gasteiger partial charge in [-0.25, -0.2) is 0 Å². The Morgan fingerprint density at radius 1 is 0.917 bits per heavy atom. The molecular formula is C11H14S. The van der Waals surface area contributed by atoms with Crippen molar-refractivity contribution in [2.75, 3.05) is 0 Å². The number of thiophene rings is 1. The van der Waals surface area contributed by atoms with E-state index >= 15 is 0 Å². The summed E-state index contributed by atoms with van der Waals surface area (Å²) in [6.07, 6.45) is 0. The molecule has 0 aliphatic heterocycles. The van der Waals surface area contributed by atoms with Crippen LogP contribution < -0.4 is 0 Å². The normalized spacial score (nSPS) is 9.83. The Hall–Kier alpha value is -0.820. The molecule has 0 amide bonds. The van der Waals surface area contributed by atoms with Gasteiger partial charge in [-0.2, -0.15) is 0 Å². The predicted molar refractivity (Wildman–Crippen MR) is 58.0 cm³/mol. The van der Waals surface area contributed by atoms with Crippen molar-refractivity contribution in [1.29, 1.82) is 0 Å². The van der Waals surface area contributed by atoms with Gasteiger partial charge in [-0.1, -0.05) is 31.7 Å². The van der Waals surface area contributed by atoms with E-state index in [2.05, 4.69) is 38.1 Å². The second-order valence-corrected chi connectivity index (χ2v) is 4.19. The van der Waals surface area contributed by atoms with Crippen LogP contribution in [-0.4, -0.2) is 0 Å². The van der Waals surface area contributed by atoms with E-state index in [4.69, 9.17) is 0 Å². The summed E-state index contributed by atoms with van der Waals surface area (Å²) < 4.78 is 0. The topological polar surface area (TPSA) is 0 Å². The van der Waals surface area contributed by atoms with E-state index in [0.717, 1.165) is 0 Å². The van der Waals surface area contributed by atoms with Gasteiger partial charge in [0.15, 0.2) is 0 Å². The second kappa shape index (κ2) is 3.28. The van der Waals surface area contributed by atoms with Crippen LogP contribution in [-0.2, 0) is 0 Å². The van der Waals surface area contributed by atoms with Crippen LogP contribution in [0.4, 0.5) is 0 Å². The predicted octanol–water partition coefficient (Wildman–Crippen LogP) is 4.15. The Kier molecular flexibility index (Phi) is 2.53. The summed E-state index contributed by atoms with van der Waals surface area (Å²) in [4.78, 5) is 2.86. The molecule has 0 saturated carbocycles. The minimum absolute atomic E-state index is 0. The fraction of sp³-hybridized carbons (Fsp3) is 0.273. The van der Waals surface area contributed by atoms with Gasteiger partial charge in [0.25, 0.3) is 0 Å². The molecule has 0 unspecified atom stereocenters. The number of benzene rings is 1. The highest BCUT2D eigenvalue weighted by Crippen LogP contribution is 2.29. The van der Waals surface area contributed by atoms with E-state index < -0.39 is 0 Å². The third kappa shape index (κ3) is 1.25.